The van der Waals surface area contributed by atoms with Crippen molar-refractivity contribution >= 4 is 28.3 Å². The van der Waals surface area contributed by atoms with Crippen molar-refractivity contribution in [3.8, 4) is 11.3 Å². The molecule has 0 saturated carbocycles. The maximum Gasteiger partial charge on any atom is 0.251 e. The number of hydrogen-bond donors (Lipinski definition) is 1. The molecule has 6 nitrogen and oxygen atoms in total. The van der Waals surface area contributed by atoms with Gasteiger partial charge in [-0.3, -0.25) is 19.4 Å². The first kappa shape index (κ1) is 15.5. The molecule has 0 saturated heterocycles. The van der Waals surface area contributed by atoms with Crippen molar-refractivity contribution in [2.45, 2.75) is 6.54 Å². The van der Waals surface area contributed by atoms with Gasteiger partial charge < -0.3 is 5.32 Å². The van der Waals surface area contributed by atoms with E-state index in [2.05, 4.69) is 25.8 Å². The lowest BCUT2D eigenvalue weighted by molar-refractivity contribution is 0.0952. The minimum Gasteiger partial charge on any atom is -0.350 e. The van der Waals surface area contributed by atoms with Crippen molar-refractivity contribution in [1.82, 2.24) is 25.1 Å². The number of aromatic nitrogens is 4. The first-order chi connectivity index (χ1) is 12.3. The largest absolute Gasteiger partial charge is 0.350 e. The molecule has 7 heteroatoms. The predicted octanol–water partition coefficient (Wildman–Crippen LogP) is 2.98. The lowest BCUT2D eigenvalue weighted by Crippen LogP contribution is -2.27. The molecule has 1 amide bonds. The summed E-state index contributed by atoms with van der Waals surface area (Å²) in [6, 6.07) is 9.33. The van der Waals surface area contributed by atoms with Crippen molar-refractivity contribution < 1.29 is 4.79 Å². The summed E-state index contributed by atoms with van der Waals surface area (Å²) in [5.41, 5.74) is 4.12. The maximum atomic E-state index is 12.3. The molecule has 0 atom stereocenters. The van der Waals surface area contributed by atoms with E-state index in [1.807, 2.05) is 28.4 Å². The van der Waals surface area contributed by atoms with Crippen molar-refractivity contribution in [1.29, 1.82) is 0 Å². The summed E-state index contributed by atoms with van der Waals surface area (Å²) < 4.78 is 1.83. The fourth-order valence-corrected chi connectivity index (χ4v) is 3.19. The van der Waals surface area contributed by atoms with Gasteiger partial charge in [-0.15, -0.1) is 0 Å². The maximum absolute atomic E-state index is 12.3. The average molecular weight is 349 g/mol. The molecule has 124 valence electrons. The van der Waals surface area contributed by atoms with Crippen LogP contribution in [0.3, 0.4) is 0 Å². The third-order valence-corrected chi connectivity index (χ3v) is 4.50. The van der Waals surface area contributed by atoms with Gasteiger partial charge in [0.2, 0.25) is 0 Å². The van der Waals surface area contributed by atoms with Crippen LogP contribution in [-0.2, 0) is 6.54 Å². The summed E-state index contributed by atoms with van der Waals surface area (Å²) in [4.78, 5) is 20.7. The van der Waals surface area contributed by atoms with E-state index in [-0.39, 0.29) is 5.91 Å². The minimum absolute atomic E-state index is 0.127. The smallest absolute Gasteiger partial charge is 0.251 e. The lowest BCUT2D eigenvalue weighted by Gasteiger charge is -2.06. The van der Waals surface area contributed by atoms with E-state index < -0.39 is 0 Å². The van der Waals surface area contributed by atoms with Gasteiger partial charge >= 0.3 is 0 Å². The molecule has 4 rings (SSSR count). The SMILES string of the molecule is O=C(NCCn1ccc(-c2ccsc2)n1)c1ccc2nccnc2c1. The Hall–Kier alpha value is -3.06. The number of nitrogens with one attached hydrogen (secondary N) is 1. The summed E-state index contributed by atoms with van der Waals surface area (Å²) in [5.74, 6) is -0.127. The van der Waals surface area contributed by atoms with Gasteiger partial charge in [-0.2, -0.15) is 16.4 Å². The second-order valence-corrected chi connectivity index (χ2v) is 6.27. The molecular formula is C18H15N5OS. The Balaban J connectivity index is 1.37. The average Bonchev–Trinajstić information content (AvgIpc) is 3.32. The highest BCUT2D eigenvalue weighted by atomic mass is 32.1. The number of hydrogen-bond acceptors (Lipinski definition) is 5. The zero-order valence-electron chi connectivity index (χ0n) is 13.3. The highest BCUT2D eigenvalue weighted by molar-refractivity contribution is 7.08. The standard InChI is InChI=1S/C18H15N5OS/c24-18(13-1-2-16-17(11-13)20-6-5-19-16)21-7-9-23-8-3-15(22-23)14-4-10-25-12-14/h1-6,8,10-12H,7,9H2,(H,21,24). The van der Waals surface area contributed by atoms with Crippen molar-refractivity contribution in [3.63, 3.8) is 0 Å². The zero-order chi connectivity index (χ0) is 17.1. The lowest BCUT2D eigenvalue weighted by atomic mass is 10.2. The molecular weight excluding hydrogens is 334 g/mol. The number of carbonyl (C=O) groups is 1. The van der Waals surface area contributed by atoms with Crippen LogP contribution >= 0.6 is 11.3 Å². The normalized spacial score (nSPS) is 10.9. The number of fused-ring (bicyclic) bond motifs is 1. The van der Waals surface area contributed by atoms with Crippen LogP contribution in [0, 0.1) is 0 Å². The molecule has 0 aliphatic heterocycles. The first-order valence-electron chi connectivity index (χ1n) is 7.84. The van der Waals surface area contributed by atoms with E-state index >= 15 is 0 Å². The molecule has 0 aliphatic rings. The van der Waals surface area contributed by atoms with Gasteiger partial charge in [0.1, 0.15) is 0 Å². The van der Waals surface area contributed by atoms with Gasteiger partial charge in [-0.25, -0.2) is 0 Å². The molecule has 1 aromatic carbocycles. The van der Waals surface area contributed by atoms with E-state index in [1.54, 1.807) is 41.9 Å². The van der Waals surface area contributed by atoms with Crippen LogP contribution in [0.4, 0.5) is 0 Å². The quantitative estimate of drug-likeness (QED) is 0.601. The van der Waals surface area contributed by atoms with Crippen molar-refractivity contribution in [3.05, 3.63) is 65.2 Å². The predicted molar refractivity (Wildman–Crippen MR) is 97.4 cm³/mol. The second kappa shape index (κ2) is 6.82. The van der Waals surface area contributed by atoms with Crippen molar-refractivity contribution in [2.75, 3.05) is 6.54 Å². The van der Waals surface area contributed by atoms with E-state index in [0.29, 0.717) is 24.2 Å². The van der Waals surface area contributed by atoms with E-state index in [4.69, 9.17) is 0 Å². The number of rotatable bonds is 5. The molecule has 3 heterocycles. The highest BCUT2D eigenvalue weighted by Gasteiger charge is 2.07. The number of nitrogens with zero attached hydrogens (tertiary/aromatic N) is 4. The zero-order valence-corrected chi connectivity index (χ0v) is 14.1. The number of carbonyl (C=O) groups excluding carboxylic acids is 1. The van der Waals surface area contributed by atoms with Gasteiger partial charge in [0, 0.05) is 41.6 Å². The number of thiophene rings is 1. The molecule has 0 spiro atoms. The molecule has 25 heavy (non-hydrogen) atoms. The summed E-state index contributed by atoms with van der Waals surface area (Å²) >= 11 is 1.65. The van der Waals surface area contributed by atoms with Crippen molar-refractivity contribution in [2.24, 2.45) is 0 Å². The Morgan fingerprint density at radius 2 is 2.00 bits per heavy atom. The summed E-state index contributed by atoms with van der Waals surface area (Å²) in [6.07, 6.45) is 5.17. The molecule has 0 aliphatic carbocycles. The van der Waals surface area contributed by atoms with E-state index in [1.165, 1.54) is 0 Å². The van der Waals surface area contributed by atoms with Crippen LogP contribution in [0.2, 0.25) is 0 Å². The number of benzene rings is 1. The Kier molecular flexibility index (Phi) is 4.22. The van der Waals surface area contributed by atoms with Gasteiger partial charge in [0.05, 0.1) is 23.3 Å². The molecule has 1 N–H and O–H groups in total. The fourth-order valence-electron chi connectivity index (χ4n) is 2.54. The van der Waals surface area contributed by atoms with Crippen LogP contribution in [0.15, 0.2) is 59.7 Å². The van der Waals surface area contributed by atoms with Gasteiger partial charge in [0.25, 0.3) is 5.91 Å². The molecule has 3 aromatic heterocycles. The minimum atomic E-state index is -0.127. The molecule has 0 bridgehead atoms. The highest BCUT2D eigenvalue weighted by Crippen LogP contribution is 2.19. The summed E-state index contributed by atoms with van der Waals surface area (Å²) in [7, 11) is 0. The molecule has 4 aromatic rings. The van der Waals surface area contributed by atoms with Crippen LogP contribution in [0.1, 0.15) is 10.4 Å². The van der Waals surface area contributed by atoms with Crippen LogP contribution < -0.4 is 5.32 Å². The van der Waals surface area contributed by atoms with Gasteiger partial charge in [-0.1, -0.05) is 0 Å². The van der Waals surface area contributed by atoms with Crippen LogP contribution in [-0.4, -0.2) is 32.2 Å². The molecule has 0 radical (unpaired) electrons. The van der Waals surface area contributed by atoms with Gasteiger partial charge in [0.15, 0.2) is 0 Å². The first-order valence-corrected chi connectivity index (χ1v) is 8.79. The summed E-state index contributed by atoms with van der Waals surface area (Å²) in [6.45, 7) is 1.12. The molecule has 0 fully saturated rings. The monoisotopic (exact) mass is 349 g/mol. The van der Waals surface area contributed by atoms with E-state index in [9.17, 15) is 4.79 Å². The Bertz CT molecular complexity index is 1010. The van der Waals surface area contributed by atoms with Crippen LogP contribution in [0.25, 0.3) is 22.3 Å². The Morgan fingerprint density at radius 3 is 2.84 bits per heavy atom. The summed E-state index contributed by atoms with van der Waals surface area (Å²) in [5, 5.41) is 11.5. The Labute approximate surface area is 148 Å². The third kappa shape index (κ3) is 3.41. The second-order valence-electron chi connectivity index (χ2n) is 5.49. The fraction of sp³-hybridized carbons (Fsp3) is 0.111. The van der Waals surface area contributed by atoms with Crippen LogP contribution in [0.5, 0.6) is 0 Å². The molecule has 0 unspecified atom stereocenters. The topological polar surface area (TPSA) is 72.7 Å². The van der Waals surface area contributed by atoms with Gasteiger partial charge in [-0.05, 0) is 35.7 Å². The Morgan fingerprint density at radius 1 is 1.12 bits per heavy atom. The third-order valence-electron chi connectivity index (χ3n) is 3.82. The number of amides is 1. The van der Waals surface area contributed by atoms with E-state index in [0.717, 1.165) is 16.8 Å².